The molecule has 0 atom stereocenters. The van der Waals surface area contributed by atoms with Crippen LogP contribution >= 0.6 is 11.6 Å². The highest BCUT2D eigenvalue weighted by atomic mass is 35.5. The van der Waals surface area contributed by atoms with Crippen LogP contribution < -0.4 is 16.2 Å². The number of nitrogens with one attached hydrogen (secondary N) is 3. The van der Waals surface area contributed by atoms with Crippen LogP contribution in [0.25, 0.3) is 10.8 Å². The molecule has 0 aliphatic rings. The third-order valence-corrected chi connectivity index (χ3v) is 4.34. The second-order valence-corrected chi connectivity index (χ2v) is 6.75. The summed E-state index contributed by atoms with van der Waals surface area (Å²) >= 11 is 6.09. The number of H-pyrrole nitrogens is 1. The number of rotatable bonds is 7. The molecule has 3 N–H and O–H groups in total. The third-order valence-electron chi connectivity index (χ3n) is 4.05. The fourth-order valence-corrected chi connectivity index (χ4v) is 2.86. The molecule has 1 aromatic heterocycles. The quantitative estimate of drug-likeness (QED) is 0.595. The van der Waals surface area contributed by atoms with Crippen molar-refractivity contribution in [2.75, 3.05) is 37.8 Å². The van der Waals surface area contributed by atoms with Crippen LogP contribution in [0.4, 0.5) is 11.4 Å². The topological polar surface area (TPSA) is 73.0 Å². The number of likely N-dealkylation sites (N-methyl/N-ethyl adjacent to an activating group) is 1. The van der Waals surface area contributed by atoms with E-state index >= 15 is 0 Å². The minimum absolute atomic E-state index is 0.243. The number of hydrogen-bond acceptors (Lipinski definition) is 5. The normalized spacial score (nSPS) is 11.1. The van der Waals surface area contributed by atoms with Gasteiger partial charge in [-0.1, -0.05) is 23.7 Å². The van der Waals surface area contributed by atoms with Crippen LogP contribution in [0.5, 0.6) is 0 Å². The van der Waals surface area contributed by atoms with Gasteiger partial charge in [-0.15, -0.1) is 0 Å². The van der Waals surface area contributed by atoms with Crippen molar-refractivity contribution in [2.45, 2.75) is 6.54 Å². The zero-order chi connectivity index (χ0) is 18.5. The Morgan fingerprint density at radius 1 is 1.08 bits per heavy atom. The average molecular weight is 372 g/mol. The van der Waals surface area contributed by atoms with Crippen molar-refractivity contribution < 1.29 is 0 Å². The van der Waals surface area contributed by atoms with Gasteiger partial charge in [-0.3, -0.25) is 4.79 Å². The van der Waals surface area contributed by atoms with E-state index < -0.39 is 0 Å². The molecule has 7 heteroatoms. The van der Waals surface area contributed by atoms with E-state index in [9.17, 15) is 4.79 Å². The van der Waals surface area contributed by atoms with Gasteiger partial charge in [-0.2, -0.15) is 5.10 Å². The number of halogens is 1. The lowest BCUT2D eigenvalue weighted by atomic mass is 10.1. The molecule has 0 bridgehead atoms. The van der Waals surface area contributed by atoms with Gasteiger partial charge < -0.3 is 15.5 Å². The predicted molar refractivity (Wildman–Crippen MR) is 108 cm³/mol. The molecule has 0 amide bonds. The highest BCUT2D eigenvalue weighted by Crippen LogP contribution is 2.22. The van der Waals surface area contributed by atoms with Crippen molar-refractivity contribution in [3.05, 3.63) is 63.5 Å². The van der Waals surface area contributed by atoms with Crippen molar-refractivity contribution in [2.24, 2.45) is 0 Å². The standard InChI is InChI=1S/C19H22ClN5O/c1-25(2)9-8-21-14-5-3-4-13(10-14)12-22-15-6-7-16-17(11-15)18(20)23-24-19(16)26/h3-7,10-11,21-22H,8-9,12H2,1-2H3,(H,24,26). The van der Waals surface area contributed by atoms with Crippen molar-refractivity contribution in [1.82, 2.24) is 15.1 Å². The number of anilines is 2. The molecule has 3 rings (SSSR count). The third kappa shape index (κ3) is 4.53. The van der Waals surface area contributed by atoms with Gasteiger partial charge in [-0.05, 0) is 50.0 Å². The number of fused-ring (bicyclic) bond motifs is 1. The molecular weight excluding hydrogens is 350 g/mol. The Hall–Kier alpha value is -2.57. The first-order valence-corrected chi connectivity index (χ1v) is 8.80. The van der Waals surface area contributed by atoms with Crippen LogP contribution in [-0.4, -0.2) is 42.3 Å². The summed E-state index contributed by atoms with van der Waals surface area (Å²) in [5, 5.41) is 14.4. The molecule has 0 fully saturated rings. The Morgan fingerprint density at radius 2 is 1.88 bits per heavy atom. The molecule has 0 radical (unpaired) electrons. The maximum atomic E-state index is 11.8. The van der Waals surface area contributed by atoms with Crippen LogP contribution in [0.15, 0.2) is 47.3 Å². The fourth-order valence-electron chi connectivity index (χ4n) is 2.66. The number of aromatic amines is 1. The van der Waals surface area contributed by atoms with E-state index in [0.717, 1.165) is 30.0 Å². The summed E-state index contributed by atoms with van der Waals surface area (Å²) in [5.41, 5.74) is 2.91. The van der Waals surface area contributed by atoms with Gasteiger partial charge >= 0.3 is 0 Å². The Kier molecular flexibility index (Phi) is 5.75. The van der Waals surface area contributed by atoms with Crippen molar-refractivity contribution >= 4 is 33.7 Å². The highest BCUT2D eigenvalue weighted by molar-refractivity contribution is 6.34. The Bertz CT molecular complexity index is 954. The molecule has 0 saturated heterocycles. The van der Waals surface area contributed by atoms with E-state index in [-0.39, 0.29) is 10.7 Å². The molecule has 0 aliphatic carbocycles. The van der Waals surface area contributed by atoms with E-state index in [2.05, 4.69) is 58.0 Å². The number of benzene rings is 2. The highest BCUT2D eigenvalue weighted by Gasteiger charge is 2.06. The van der Waals surface area contributed by atoms with Crippen LogP contribution in [0, 0.1) is 0 Å². The monoisotopic (exact) mass is 371 g/mol. The maximum Gasteiger partial charge on any atom is 0.272 e. The lowest BCUT2D eigenvalue weighted by molar-refractivity contribution is 0.425. The lowest BCUT2D eigenvalue weighted by Crippen LogP contribution is -2.20. The molecule has 3 aromatic rings. The van der Waals surface area contributed by atoms with Gasteiger partial charge in [0.2, 0.25) is 0 Å². The summed E-state index contributed by atoms with van der Waals surface area (Å²) in [6.07, 6.45) is 0. The van der Waals surface area contributed by atoms with Crippen molar-refractivity contribution in [1.29, 1.82) is 0 Å². The Balaban J connectivity index is 1.68. The van der Waals surface area contributed by atoms with Gasteiger partial charge in [0.05, 0.1) is 5.39 Å². The van der Waals surface area contributed by atoms with E-state index in [4.69, 9.17) is 11.6 Å². The summed E-state index contributed by atoms with van der Waals surface area (Å²) in [6.45, 7) is 2.55. The lowest BCUT2D eigenvalue weighted by Gasteiger charge is -2.13. The molecule has 0 aliphatic heterocycles. The summed E-state index contributed by atoms with van der Waals surface area (Å²) in [5.74, 6) is 0. The van der Waals surface area contributed by atoms with Gasteiger partial charge in [0.1, 0.15) is 0 Å². The van der Waals surface area contributed by atoms with Crippen molar-refractivity contribution in [3.8, 4) is 0 Å². The summed E-state index contributed by atoms with van der Waals surface area (Å²) in [4.78, 5) is 13.9. The fraction of sp³-hybridized carbons (Fsp3) is 0.263. The van der Waals surface area contributed by atoms with Crippen LogP contribution in [-0.2, 0) is 6.54 Å². The largest absolute Gasteiger partial charge is 0.384 e. The molecule has 136 valence electrons. The first-order chi connectivity index (χ1) is 12.5. The first kappa shape index (κ1) is 18.2. The maximum absolute atomic E-state index is 11.8. The van der Waals surface area contributed by atoms with Gasteiger partial charge in [0.25, 0.3) is 5.56 Å². The first-order valence-electron chi connectivity index (χ1n) is 8.42. The summed E-state index contributed by atoms with van der Waals surface area (Å²) in [7, 11) is 4.11. The van der Waals surface area contributed by atoms with Gasteiger partial charge in [0.15, 0.2) is 5.15 Å². The minimum Gasteiger partial charge on any atom is -0.384 e. The predicted octanol–water partition coefficient (Wildman–Crippen LogP) is 3.16. The zero-order valence-corrected chi connectivity index (χ0v) is 15.6. The Labute approximate surface area is 157 Å². The van der Waals surface area contributed by atoms with Crippen molar-refractivity contribution in [3.63, 3.8) is 0 Å². The van der Waals surface area contributed by atoms with Crippen LogP contribution in [0.3, 0.4) is 0 Å². The number of hydrogen-bond donors (Lipinski definition) is 3. The smallest absolute Gasteiger partial charge is 0.272 e. The van der Waals surface area contributed by atoms with E-state index in [1.54, 1.807) is 6.07 Å². The molecular formula is C19H22ClN5O. The molecule has 1 heterocycles. The van der Waals surface area contributed by atoms with Crippen LogP contribution in [0.2, 0.25) is 5.15 Å². The molecule has 26 heavy (non-hydrogen) atoms. The molecule has 0 spiro atoms. The minimum atomic E-state index is -0.243. The van der Waals surface area contributed by atoms with Gasteiger partial charge in [-0.25, -0.2) is 5.10 Å². The van der Waals surface area contributed by atoms with Crippen LogP contribution in [0.1, 0.15) is 5.56 Å². The summed E-state index contributed by atoms with van der Waals surface area (Å²) in [6, 6.07) is 13.8. The summed E-state index contributed by atoms with van der Waals surface area (Å²) < 4.78 is 0. The number of aromatic nitrogens is 2. The molecule has 2 aromatic carbocycles. The Morgan fingerprint density at radius 3 is 2.69 bits per heavy atom. The second kappa shape index (κ2) is 8.21. The molecule has 0 saturated carbocycles. The SMILES string of the molecule is CN(C)CCNc1cccc(CNc2ccc3c(=O)[nH]nc(Cl)c3c2)c1. The van der Waals surface area contributed by atoms with E-state index in [1.165, 1.54) is 0 Å². The van der Waals surface area contributed by atoms with E-state index in [0.29, 0.717) is 17.3 Å². The number of nitrogens with zero attached hydrogens (tertiary/aromatic N) is 2. The van der Waals surface area contributed by atoms with Gasteiger partial charge in [0, 0.05) is 36.4 Å². The van der Waals surface area contributed by atoms with E-state index in [1.807, 2.05) is 18.2 Å². The molecule has 0 unspecified atom stereocenters. The average Bonchev–Trinajstić information content (AvgIpc) is 2.63. The zero-order valence-electron chi connectivity index (χ0n) is 14.8. The molecule has 6 nitrogen and oxygen atoms in total. The second-order valence-electron chi connectivity index (χ2n) is 6.39.